The van der Waals surface area contributed by atoms with E-state index in [0.717, 1.165) is 28.9 Å². The first-order chi connectivity index (χ1) is 20.7. The molecule has 2 saturated carbocycles. The SMILES string of the molecule is Cc1cc(C)c(CNC(=O)c2cc(C3CN(C)NC3C3CCCCCCCCC3)cc(N(C)C3CCCC3)c2C)c(=O)[nH]1. The highest BCUT2D eigenvalue weighted by Gasteiger charge is 2.38. The van der Waals surface area contributed by atoms with Crippen LogP contribution in [0.3, 0.4) is 0 Å². The molecule has 2 aromatic rings. The molecule has 0 radical (unpaired) electrons. The van der Waals surface area contributed by atoms with Crippen LogP contribution >= 0.6 is 0 Å². The van der Waals surface area contributed by atoms with E-state index in [1.165, 1.54) is 94.7 Å². The van der Waals surface area contributed by atoms with Crippen molar-refractivity contribution in [3.8, 4) is 0 Å². The fourth-order valence-corrected chi connectivity index (χ4v) is 8.14. The Morgan fingerprint density at radius 3 is 2.21 bits per heavy atom. The number of carbonyl (C=O) groups excluding carboxylic acids is 1. The van der Waals surface area contributed by atoms with Crippen molar-refractivity contribution in [3.63, 3.8) is 0 Å². The predicted octanol–water partition coefficient (Wildman–Crippen LogP) is 6.65. The Morgan fingerprint density at radius 2 is 1.56 bits per heavy atom. The first-order valence-electron chi connectivity index (χ1n) is 17.0. The zero-order valence-corrected chi connectivity index (χ0v) is 27.4. The molecule has 43 heavy (non-hydrogen) atoms. The molecule has 2 aliphatic carbocycles. The van der Waals surface area contributed by atoms with E-state index in [2.05, 4.69) is 58.8 Å². The van der Waals surface area contributed by atoms with Gasteiger partial charge in [0.2, 0.25) is 0 Å². The maximum Gasteiger partial charge on any atom is 0.253 e. The van der Waals surface area contributed by atoms with Gasteiger partial charge in [0.1, 0.15) is 0 Å². The molecule has 3 aliphatic rings. The Balaban J connectivity index is 1.47. The largest absolute Gasteiger partial charge is 0.371 e. The number of pyridine rings is 1. The number of nitrogens with one attached hydrogen (secondary N) is 3. The molecule has 0 bridgehead atoms. The lowest BCUT2D eigenvalue weighted by molar-refractivity contribution is 0.0950. The van der Waals surface area contributed by atoms with Crippen LogP contribution in [0.25, 0.3) is 0 Å². The zero-order valence-electron chi connectivity index (χ0n) is 27.4. The molecule has 3 N–H and O–H groups in total. The Labute approximate surface area is 259 Å². The Morgan fingerprint density at radius 1 is 0.930 bits per heavy atom. The summed E-state index contributed by atoms with van der Waals surface area (Å²) in [4.78, 5) is 31.9. The minimum absolute atomic E-state index is 0.102. The molecule has 5 rings (SSSR count). The fourth-order valence-electron chi connectivity index (χ4n) is 8.14. The summed E-state index contributed by atoms with van der Waals surface area (Å²) in [6.45, 7) is 7.08. The number of anilines is 1. The van der Waals surface area contributed by atoms with Gasteiger partial charge in [-0.2, -0.15) is 0 Å². The summed E-state index contributed by atoms with van der Waals surface area (Å²) in [5.74, 6) is 0.858. The predicted molar refractivity (Wildman–Crippen MR) is 177 cm³/mol. The number of hydrogen-bond donors (Lipinski definition) is 3. The smallest absolute Gasteiger partial charge is 0.253 e. The maximum atomic E-state index is 13.9. The molecule has 2 heterocycles. The third kappa shape index (κ3) is 7.54. The van der Waals surface area contributed by atoms with E-state index in [-0.39, 0.29) is 18.0 Å². The van der Waals surface area contributed by atoms with Gasteiger partial charge in [-0.1, -0.05) is 57.8 Å². The van der Waals surface area contributed by atoms with Gasteiger partial charge in [-0.25, -0.2) is 5.01 Å². The monoisotopic (exact) mass is 589 g/mol. The van der Waals surface area contributed by atoms with Gasteiger partial charge in [0.25, 0.3) is 11.5 Å². The van der Waals surface area contributed by atoms with E-state index < -0.39 is 0 Å². The molecule has 1 saturated heterocycles. The minimum atomic E-state index is -0.126. The number of likely N-dealkylation sites (N-methyl/N-ethyl adjacent to an activating group) is 1. The lowest BCUT2D eigenvalue weighted by Crippen LogP contribution is -2.39. The number of carbonyl (C=O) groups is 1. The van der Waals surface area contributed by atoms with E-state index in [4.69, 9.17) is 0 Å². The van der Waals surface area contributed by atoms with E-state index in [1.807, 2.05) is 19.9 Å². The van der Waals surface area contributed by atoms with Gasteiger partial charge < -0.3 is 15.2 Å². The molecule has 1 aliphatic heterocycles. The summed E-state index contributed by atoms with van der Waals surface area (Å²) in [6.07, 6.45) is 17.0. The lowest BCUT2D eigenvalue weighted by atomic mass is 9.78. The number of amides is 1. The molecule has 7 heteroatoms. The second-order valence-electron chi connectivity index (χ2n) is 13.8. The van der Waals surface area contributed by atoms with E-state index >= 15 is 0 Å². The van der Waals surface area contributed by atoms with Crippen molar-refractivity contribution in [1.82, 2.24) is 20.7 Å². The van der Waals surface area contributed by atoms with Gasteiger partial charge in [-0.3, -0.25) is 15.0 Å². The molecule has 236 valence electrons. The Kier molecular flexibility index (Phi) is 10.7. The normalized spacial score (nSPS) is 23.0. The number of hydrogen-bond acceptors (Lipinski definition) is 5. The van der Waals surface area contributed by atoms with E-state index in [0.29, 0.717) is 29.5 Å². The first-order valence-corrected chi connectivity index (χ1v) is 17.0. The average Bonchev–Trinajstić information content (AvgIpc) is 3.65. The van der Waals surface area contributed by atoms with Crippen molar-refractivity contribution >= 4 is 11.6 Å². The number of aryl methyl sites for hydroxylation is 2. The van der Waals surface area contributed by atoms with Crippen LogP contribution in [-0.2, 0) is 6.54 Å². The molecule has 2 unspecified atom stereocenters. The molecule has 1 aromatic heterocycles. The zero-order chi connectivity index (χ0) is 30.5. The molecule has 1 amide bonds. The van der Waals surface area contributed by atoms with Gasteiger partial charge in [0.05, 0.1) is 0 Å². The van der Waals surface area contributed by atoms with Crippen LogP contribution in [0.1, 0.15) is 128 Å². The molecular formula is C36H55N5O2. The average molecular weight is 590 g/mol. The molecule has 7 nitrogen and oxygen atoms in total. The van der Waals surface area contributed by atoms with Gasteiger partial charge in [-0.15, -0.1) is 0 Å². The molecule has 0 spiro atoms. The van der Waals surface area contributed by atoms with Crippen LogP contribution < -0.4 is 21.2 Å². The highest BCUT2D eigenvalue weighted by atomic mass is 16.1. The van der Waals surface area contributed by atoms with Crippen molar-refractivity contribution in [2.75, 3.05) is 25.5 Å². The highest BCUT2D eigenvalue weighted by molar-refractivity contribution is 5.97. The van der Waals surface area contributed by atoms with Crippen molar-refractivity contribution in [3.05, 3.63) is 62.1 Å². The van der Waals surface area contributed by atoms with E-state index in [9.17, 15) is 9.59 Å². The van der Waals surface area contributed by atoms with E-state index in [1.54, 1.807) is 0 Å². The lowest BCUT2D eigenvalue weighted by Gasteiger charge is -2.32. The second kappa shape index (κ2) is 14.4. The molecule has 3 fully saturated rings. The van der Waals surface area contributed by atoms with Crippen LogP contribution in [-0.4, -0.2) is 48.6 Å². The summed E-state index contributed by atoms with van der Waals surface area (Å²) in [7, 11) is 4.39. The third-order valence-electron chi connectivity index (χ3n) is 10.7. The number of rotatable bonds is 7. The summed E-state index contributed by atoms with van der Waals surface area (Å²) in [5, 5.41) is 5.40. The number of aromatic amines is 1. The van der Waals surface area contributed by atoms with Crippen molar-refractivity contribution in [2.24, 2.45) is 5.92 Å². The second-order valence-corrected chi connectivity index (χ2v) is 13.8. The standard InChI is InChI=1S/C36H55N5O2/c1-24-19-25(2)38-36(43)31(24)22-37-35(42)30-20-28(21-33(26(30)3)41(5)29-17-13-14-18-29)32-23-40(4)39-34(32)27-15-11-9-7-6-8-10-12-16-27/h19-21,27,29,32,34,39H,6-18,22-23H2,1-5H3,(H,37,42)(H,38,43). The molecule has 1 aromatic carbocycles. The van der Waals surface area contributed by atoms with Crippen LogP contribution in [0.15, 0.2) is 23.0 Å². The fraction of sp³-hybridized carbons (Fsp3) is 0.667. The number of H-pyrrole nitrogens is 1. The van der Waals surface area contributed by atoms with Gasteiger partial charge >= 0.3 is 0 Å². The quantitative estimate of drug-likeness (QED) is 0.337. The summed E-state index contributed by atoms with van der Waals surface area (Å²) in [6, 6.07) is 7.42. The Hall–Kier alpha value is -2.64. The number of nitrogens with zero attached hydrogens (tertiary/aromatic N) is 2. The minimum Gasteiger partial charge on any atom is -0.371 e. The summed E-state index contributed by atoms with van der Waals surface area (Å²) >= 11 is 0. The maximum absolute atomic E-state index is 13.9. The van der Waals surface area contributed by atoms with Crippen LogP contribution in [0.4, 0.5) is 5.69 Å². The van der Waals surface area contributed by atoms with Gasteiger partial charge in [0, 0.05) is 67.7 Å². The van der Waals surface area contributed by atoms with Crippen LogP contribution in [0.2, 0.25) is 0 Å². The molecular weight excluding hydrogens is 534 g/mol. The van der Waals surface area contributed by atoms with Crippen molar-refractivity contribution in [2.45, 2.75) is 129 Å². The molecule has 2 atom stereocenters. The van der Waals surface area contributed by atoms with Gasteiger partial charge in [0.15, 0.2) is 0 Å². The highest BCUT2D eigenvalue weighted by Crippen LogP contribution is 2.39. The topological polar surface area (TPSA) is 80.5 Å². The van der Waals surface area contributed by atoms with Crippen LogP contribution in [0, 0.1) is 26.7 Å². The van der Waals surface area contributed by atoms with Crippen LogP contribution in [0.5, 0.6) is 0 Å². The Bertz CT molecular complexity index is 1300. The third-order valence-corrected chi connectivity index (χ3v) is 10.7. The van der Waals surface area contributed by atoms with Crippen molar-refractivity contribution in [1.29, 1.82) is 0 Å². The first kappa shape index (κ1) is 31.8. The van der Waals surface area contributed by atoms with Crippen molar-refractivity contribution < 1.29 is 4.79 Å². The number of aromatic nitrogens is 1. The summed E-state index contributed by atoms with van der Waals surface area (Å²) in [5.41, 5.74) is 10.3. The summed E-state index contributed by atoms with van der Waals surface area (Å²) < 4.78 is 0. The number of benzene rings is 1. The number of hydrazine groups is 1. The van der Waals surface area contributed by atoms with Gasteiger partial charge in [-0.05, 0) is 87.3 Å².